The Kier molecular flexibility index (Phi) is 5.49. The molecule has 1 spiro atoms. The Morgan fingerprint density at radius 2 is 1.88 bits per heavy atom. The van der Waals surface area contributed by atoms with Gasteiger partial charge in [-0.3, -0.25) is 9.69 Å². The molecule has 0 unspecified atom stereocenters. The summed E-state index contributed by atoms with van der Waals surface area (Å²) < 4.78 is 16.9. The van der Waals surface area contributed by atoms with E-state index in [0.29, 0.717) is 49.6 Å². The largest absolute Gasteiger partial charge is 0.465 e. The molecule has 1 aromatic heterocycles. The van der Waals surface area contributed by atoms with Gasteiger partial charge in [0.15, 0.2) is 5.79 Å². The Morgan fingerprint density at radius 3 is 2.59 bits per heavy atom. The Balaban J connectivity index is 1.54. The van der Waals surface area contributed by atoms with E-state index < -0.39 is 11.8 Å². The topological polar surface area (TPSA) is 65.1 Å². The molecular weight excluding hydrogens is 426 g/mol. The summed E-state index contributed by atoms with van der Waals surface area (Å²) in [6, 6.07) is 14.3. The first-order valence-electron chi connectivity index (χ1n) is 10.8. The van der Waals surface area contributed by atoms with Gasteiger partial charge in [-0.15, -0.1) is 11.3 Å². The first-order valence-corrected chi connectivity index (χ1v) is 11.6. The molecule has 166 valence electrons. The number of thiophene rings is 1. The average molecular weight is 452 g/mol. The number of esters is 1. The van der Waals surface area contributed by atoms with E-state index in [-0.39, 0.29) is 5.91 Å². The maximum atomic E-state index is 12.8. The molecule has 5 rings (SSSR count). The van der Waals surface area contributed by atoms with E-state index in [2.05, 4.69) is 24.3 Å². The van der Waals surface area contributed by atoms with Crippen molar-refractivity contribution in [3.63, 3.8) is 0 Å². The first-order chi connectivity index (χ1) is 15.5. The van der Waals surface area contributed by atoms with Crippen molar-refractivity contribution >= 4 is 39.0 Å². The lowest BCUT2D eigenvalue weighted by Gasteiger charge is -2.31. The van der Waals surface area contributed by atoms with Gasteiger partial charge >= 0.3 is 5.97 Å². The lowest BCUT2D eigenvalue weighted by atomic mass is 9.90. The maximum Gasteiger partial charge on any atom is 0.341 e. The lowest BCUT2D eigenvalue weighted by molar-refractivity contribution is -0.163. The summed E-state index contributed by atoms with van der Waals surface area (Å²) in [6.07, 6.45) is 1.92. The van der Waals surface area contributed by atoms with Crippen LogP contribution < -0.4 is 4.90 Å². The highest BCUT2D eigenvalue weighted by Crippen LogP contribution is 2.45. The fourth-order valence-corrected chi connectivity index (χ4v) is 6.11. The summed E-state index contributed by atoms with van der Waals surface area (Å²) in [5.74, 6) is -1.14. The molecule has 7 heteroatoms. The highest BCUT2D eigenvalue weighted by Gasteiger charge is 2.43. The monoisotopic (exact) mass is 451 g/mol. The van der Waals surface area contributed by atoms with Gasteiger partial charge in [0.2, 0.25) is 5.91 Å². The van der Waals surface area contributed by atoms with Gasteiger partial charge in [-0.25, -0.2) is 4.79 Å². The van der Waals surface area contributed by atoms with Crippen LogP contribution in [0.1, 0.15) is 39.7 Å². The predicted octanol–water partition coefficient (Wildman–Crippen LogP) is 4.47. The van der Waals surface area contributed by atoms with Crippen molar-refractivity contribution in [2.75, 3.05) is 25.2 Å². The highest BCUT2D eigenvalue weighted by atomic mass is 32.1. The number of methoxy groups -OCH3 is 1. The van der Waals surface area contributed by atoms with Crippen LogP contribution in [0.3, 0.4) is 0 Å². The summed E-state index contributed by atoms with van der Waals surface area (Å²) in [4.78, 5) is 28.3. The van der Waals surface area contributed by atoms with Gasteiger partial charge in [-0.2, -0.15) is 0 Å². The van der Waals surface area contributed by atoms with Gasteiger partial charge in [-0.05, 0) is 34.4 Å². The summed E-state index contributed by atoms with van der Waals surface area (Å²) in [6.45, 7) is 3.07. The molecular formula is C25H25NO5S. The van der Waals surface area contributed by atoms with Crippen molar-refractivity contribution < 1.29 is 23.8 Å². The van der Waals surface area contributed by atoms with Crippen molar-refractivity contribution in [1.82, 2.24) is 0 Å². The molecule has 6 nitrogen and oxygen atoms in total. The summed E-state index contributed by atoms with van der Waals surface area (Å²) in [5, 5.41) is 2.90. The van der Waals surface area contributed by atoms with Crippen LogP contribution in [0.4, 0.5) is 5.00 Å². The molecule has 2 aliphatic rings. The SMILES string of the molecule is COC(=O)c1c(N(Cc2ccc3ccccc3c2)C(C)=O)sc2c1CCC1(C2)OCCO1. The fourth-order valence-electron chi connectivity index (χ4n) is 4.65. The molecule has 32 heavy (non-hydrogen) atoms. The second-order valence-electron chi connectivity index (χ2n) is 8.25. The minimum atomic E-state index is -0.609. The molecule has 0 bridgehead atoms. The predicted molar refractivity (Wildman–Crippen MR) is 123 cm³/mol. The number of anilines is 1. The molecule has 1 fully saturated rings. The van der Waals surface area contributed by atoms with Crippen molar-refractivity contribution in [2.24, 2.45) is 0 Å². The molecule has 1 aliphatic carbocycles. The van der Waals surface area contributed by atoms with Crippen molar-refractivity contribution in [2.45, 2.75) is 38.5 Å². The van der Waals surface area contributed by atoms with Crippen LogP contribution in [0.25, 0.3) is 10.8 Å². The van der Waals surface area contributed by atoms with Gasteiger partial charge in [0.1, 0.15) is 5.00 Å². The molecule has 1 saturated heterocycles. The van der Waals surface area contributed by atoms with Crippen LogP contribution in [0.5, 0.6) is 0 Å². The number of nitrogens with zero attached hydrogens (tertiary/aromatic N) is 1. The molecule has 3 aromatic rings. The average Bonchev–Trinajstić information content (AvgIpc) is 3.41. The number of fused-ring (bicyclic) bond motifs is 2. The Hall–Kier alpha value is -2.74. The quantitative estimate of drug-likeness (QED) is 0.548. The molecule has 1 amide bonds. The lowest BCUT2D eigenvalue weighted by Crippen LogP contribution is -2.36. The second kappa shape index (κ2) is 8.31. The van der Waals surface area contributed by atoms with Crippen molar-refractivity contribution in [3.05, 3.63) is 64.0 Å². The Morgan fingerprint density at radius 1 is 1.12 bits per heavy atom. The van der Waals surface area contributed by atoms with E-state index in [1.165, 1.54) is 25.4 Å². The normalized spacial score (nSPS) is 16.8. The van der Waals surface area contributed by atoms with Gasteiger partial charge in [0.25, 0.3) is 0 Å². The van der Waals surface area contributed by atoms with Gasteiger partial charge in [0.05, 0.1) is 32.4 Å². The van der Waals surface area contributed by atoms with E-state index in [9.17, 15) is 9.59 Å². The van der Waals surface area contributed by atoms with Crippen LogP contribution in [0.2, 0.25) is 0 Å². The molecule has 0 N–H and O–H groups in total. The third-order valence-corrected chi connectivity index (χ3v) is 7.50. The van der Waals surface area contributed by atoms with Crippen molar-refractivity contribution in [1.29, 1.82) is 0 Å². The van der Waals surface area contributed by atoms with Crippen LogP contribution >= 0.6 is 11.3 Å². The van der Waals surface area contributed by atoms with E-state index in [4.69, 9.17) is 14.2 Å². The second-order valence-corrected chi connectivity index (χ2v) is 9.33. The minimum absolute atomic E-state index is 0.120. The fraction of sp³-hybridized carbons (Fsp3) is 0.360. The Bertz CT molecular complexity index is 1190. The minimum Gasteiger partial charge on any atom is -0.465 e. The molecule has 0 atom stereocenters. The third kappa shape index (κ3) is 3.70. The number of carbonyl (C=O) groups is 2. The molecule has 2 aromatic carbocycles. The number of hydrogen-bond donors (Lipinski definition) is 0. The molecule has 2 heterocycles. The zero-order valence-corrected chi connectivity index (χ0v) is 19.0. The maximum absolute atomic E-state index is 12.8. The molecule has 0 saturated carbocycles. The molecule has 1 aliphatic heterocycles. The standard InChI is InChI=1S/C25H25NO5S/c1-16(27)26(15-17-7-8-18-5-3-4-6-19(18)13-17)23-22(24(28)29-2)20-9-10-25(14-21(20)32-23)30-11-12-31-25/h3-8,13H,9-12,14-15H2,1-2H3. The van der Waals surface area contributed by atoms with E-state index in [0.717, 1.165) is 26.8 Å². The molecule has 0 radical (unpaired) electrons. The first kappa shape index (κ1) is 21.1. The van der Waals surface area contributed by atoms with Crippen LogP contribution in [-0.2, 0) is 38.4 Å². The van der Waals surface area contributed by atoms with Crippen LogP contribution in [0.15, 0.2) is 42.5 Å². The van der Waals surface area contributed by atoms with Crippen LogP contribution in [-0.4, -0.2) is 38.0 Å². The zero-order valence-electron chi connectivity index (χ0n) is 18.2. The third-order valence-electron chi connectivity index (χ3n) is 6.24. The summed E-state index contributed by atoms with van der Waals surface area (Å²) >= 11 is 1.47. The Labute approximate surface area is 190 Å². The van der Waals surface area contributed by atoms with Gasteiger partial charge < -0.3 is 14.2 Å². The summed E-state index contributed by atoms with van der Waals surface area (Å²) in [7, 11) is 1.38. The number of ether oxygens (including phenoxy) is 3. The smallest absolute Gasteiger partial charge is 0.341 e. The van der Waals surface area contributed by atoms with E-state index >= 15 is 0 Å². The number of carbonyl (C=O) groups excluding carboxylic acids is 2. The number of rotatable bonds is 4. The summed E-state index contributed by atoms with van der Waals surface area (Å²) in [5.41, 5.74) is 2.45. The van der Waals surface area contributed by atoms with Gasteiger partial charge in [-0.1, -0.05) is 36.4 Å². The number of benzene rings is 2. The number of amides is 1. The van der Waals surface area contributed by atoms with Crippen molar-refractivity contribution in [3.8, 4) is 0 Å². The highest BCUT2D eigenvalue weighted by molar-refractivity contribution is 7.17. The van der Waals surface area contributed by atoms with Crippen LogP contribution in [0, 0.1) is 0 Å². The zero-order chi connectivity index (χ0) is 22.3. The number of hydrogen-bond acceptors (Lipinski definition) is 6. The van der Waals surface area contributed by atoms with Gasteiger partial charge in [0, 0.05) is 24.6 Å². The van der Waals surface area contributed by atoms with E-state index in [1.807, 2.05) is 18.2 Å². The van der Waals surface area contributed by atoms with E-state index in [1.54, 1.807) is 4.90 Å².